The summed E-state index contributed by atoms with van der Waals surface area (Å²) < 4.78 is 13.3. The lowest BCUT2D eigenvalue weighted by molar-refractivity contribution is 0.117. The van der Waals surface area contributed by atoms with Gasteiger partial charge in [-0.15, -0.1) is 0 Å². The number of pyridine rings is 1. The number of aliphatic hydroxyl groups is 1. The summed E-state index contributed by atoms with van der Waals surface area (Å²) in [4.78, 5) is 3.83. The highest BCUT2D eigenvalue weighted by molar-refractivity contribution is 5.26. The molecule has 0 aliphatic heterocycles. The fourth-order valence-corrected chi connectivity index (χ4v) is 2.55. The maximum atomic E-state index is 13.3. The van der Waals surface area contributed by atoms with Crippen LogP contribution in [0.4, 0.5) is 4.39 Å². The minimum Gasteiger partial charge on any atom is -0.388 e. The summed E-state index contributed by atoms with van der Waals surface area (Å²) in [6, 6.07) is 11.2. The van der Waals surface area contributed by atoms with E-state index in [1.807, 2.05) is 30.3 Å². The number of aromatic nitrogens is 1. The van der Waals surface area contributed by atoms with Crippen molar-refractivity contribution in [2.24, 2.45) is 5.92 Å². The smallest absolute Gasteiger partial charge is 0.141 e. The van der Waals surface area contributed by atoms with E-state index in [2.05, 4.69) is 18.8 Å². The number of halogens is 1. The van der Waals surface area contributed by atoms with E-state index in [0.29, 0.717) is 5.56 Å². The van der Waals surface area contributed by atoms with E-state index in [-0.39, 0.29) is 11.8 Å². The molecule has 3 heteroatoms. The molecule has 0 saturated carbocycles. The van der Waals surface area contributed by atoms with Gasteiger partial charge in [-0.25, -0.2) is 4.39 Å². The Morgan fingerprint density at radius 3 is 2.45 bits per heavy atom. The van der Waals surface area contributed by atoms with Gasteiger partial charge in [-0.1, -0.05) is 50.6 Å². The maximum Gasteiger partial charge on any atom is 0.141 e. The third-order valence-electron chi connectivity index (χ3n) is 3.85. The van der Waals surface area contributed by atoms with E-state index in [9.17, 15) is 9.50 Å². The van der Waals surface area contributed by atoms with Gasteiger partial charge in [-0.05, 0) is 17.5 Å². The van der Waals surface area contributed by atoms with Gasteiger partial charge >= 0.3 is 0 Å². The van der Waals surface area contributed by atoms with E-state index in [1.54, 1.807) is 0 Å². The van der Waals surface area contributed by atoms with Gasteiger partial charge in [0.25, 0.3) is 0 Å². The summed E-state index contributed by atoms with van der Waals surface area (Å²) in [5, 5.41) is 10.7. The molecule has 2 rings (SSSR count). The molecule has 3 unspecified atom stereocenters. The molecule has 2 aromatic rings. The Bertz CT molecular complexity index is 544. The number of hydrogen-bond acceptors (Lipinski definition) is 2. The number of nitrogens with zero attached hydrogens (tertiary/aromatic N) is 1. The van der Waals surface area contributed by atoms with Crippen LogP contribution in [0.1, 0.15) is 43.4 Å². The summed E-state index contributed by atoms with van der Waals surface area (Å²) >= 11 is 0. The zero-order valence-electron chi connectivity index (χ0n) is 11.8. The Labute approximate surface area is 119 Å². The Morgan fingerprint density at radius 2 is 1.85 bits per heavy atom. The molecule has 106 valence electrons. The Balaban J connectivity index is 2.36. The number of hydrogen-bond donors (Lipinski definition) is 1. The van der Waals surface area contributed by atoms with E-state index in [1.165, 1.54) is 12.3 Å². The molecule has 2 nitrogen and oxygen atoms in total. The standard InChI is InChI=1S/C17H20FNO/c1-3-12(2)16(13-7-5-4-6-8-13)17(20)14-9-15(18)11-19-10-14/h4-12,16-17,20H,3H2,1-2H3. The highest BCUT2D eigenvalue weighted by Gasteiger charge is 2.27. The lowest BCUT2D eigenvalue weighted by Gasteiger charge is -2.28. The zero-order valence-corrected chi connectivity index (χ0v) is 11.8. The minimum atomic E-state index is -0.754. The van der Waals surface area contributed by atoms with Gasteiger partial charge in [0, 0.05) is 17.7 Å². The second-order valence-corrected chi connectivity index (χ2v) is 5.20. The van der Waals surface area contributed by atoms with Gasteiger partial charge in [-0.3, -0.25) is 4.98 Å². The van der Waals surface area contributed by atoms with Crippen molar-refractivity contribution in [1.82, 2.24) is 4.98 Å². The van der Waals surface area contributed by atoms with Crippen molar-refractivity contribution in [2.45, 2.75) is 32.3 Å². The van der Waals surface area contributed by atoms with Crippen molar-refractivity contribution in [3.05, 3.63) is 65.7 Å². The third kappa shape index (κ3) is 3.23. The van der Waals surface area contributed by atoms with Crippen molar-refractivity contribution in [3.8, 4) is 0 Å². The fourth-order valence-electron chi connectivity index (χ4n) is 2.55. The first kappa shape index (κ1) is 14.7. The van der Waals surface area contributed by atoms with Gasteiger partial charge in [0.15, 0.2) is 0 Å². The molecule has 1 aromatic heterocycles. The molecule has 1 N–H and O–H groups in total. The van der Waals surface area contributed by atoms with Crippen LogP contribution in [-0.2, 0) is 0 Å². The predicted molar refractivity (Wildman–Crippen MR) is 77.8 cm³/mol. The zero-order chi connectivity index (χ0) is 14.5. The predicted octanol–water partition coefficient (Wildman–Crippen LogP) is 4.08. The Kier molecular flexibility index (Phi) is 4.85. The van der Waals surface area contributed by atoms with Gasteiger partial charge < -0.3 is 5.11 Å². The molecule has 0 spiro atoms. The van der Waals surface area contributed by atoms with Gasteiger partial charge in [0.2, 0.25) is 0 Å². The molecule has 20 heavy (non-hydrogen) atoms. The van der Waals surface area contributed by atoms with Crippen molar-refractivity contribution < 1.29 is 9.50 Å². The van der Waals surface area contributed by atoms with Crippen LogP contribution in [-0.4, -0.2) is 10.1 Å². The van der Waals surface area contributed by atoms with E-state index in [0.717, 1.165) is 18.2 Å². The second kappa shape index (κ2) is 6.62. The quantitative estimate of drug-likeness (QED) is 0.890. The topological polar surface area (TPSA) is 33.1 Å². The van der Waals surface area contributed by atoms with Gasteiger partial charge in [-0.2, -0.15) is 0 Å². The highest BCUT2D eigenvalue weighted by Crippen LogP contribution is 2.38. The maximum absolute atomic E-state index is 13.3. The monoisotopic (exact) mass is 273 g/mol. The van der Waals surface area contributed by atoms with E-state index < -0.39 is 11.9 Å². The average Bonchev–Trinajstić information content (AvgIpc) is 2.48. The van der Waals surface area contributed by atoms with Crippen LogP contribution in [0.3, 0.4) is 0 Å². The van der Waals surface area contributed by atoms with Crippen molar-refractivity contribution in [1.29, 1.82) is 0 Å². The third-order valence-corrected chi connectivity index (χ3v) is 3.85. The van der Waals surface area contributed by atoms with Crippen LogP contribution >= 0.6 is 0 Å². The molecule has 0 amide bonds. The van der Waals surface area contributed by atoms with E-state index in [4.69, 9.17) is 0 Å². The molecule has 0 saturated heterocycles. The second-order valence-electron chi connectivity index (χ2n) is 5.20. The van der Waals surface area contributed by atoms with Crippen LogP contribution in [0.5, 0.6) is 0 Å². The summed E-state index contributed by atoms with van der Waals surface area (Å²) in [5.74, 6) is -0.196. The lowest BCUT2D eigenvalue weighted by atomic mass is 9.79. The van der Waals surface area contributed by atoms with Crippen LogP contribution in [0, 0.1) is 11.7 Å². The molecule has 3 atom stereocenters. The molecule has 0 aliphatic carbocycles. The first-order chi connectivity index (χ1) is 9.63. The average molecular weight is 273 g/mol. The molecule has 1 heterocycles. The first-order valence-corrected chi connectivity index (χ1v) is 6.97. The van der Waals surface area contributed by atoms with Crippen molar-refractivity contribution >= 4 is 0 Å². The van der Waals surface area contributed by atoms with Crippen LogP contribution in [0.2, 0.25) is 0 Å². The fraction of sp³-hybridized carbons (Fsp3) is 0.353. The summed E-state index contributed by atoms with van der Waals surface area (Å²) in [6.45, 7) is 4.20. The van der Waals surface area contributed by atoms with Crippen LogP contribution < -0.4 is 0 Å². The summed E-state index contributed by atoms with van der Waals surface area (Å²) in [7, 11) is 0. The van der Waals surface area contributed by atoms with Crippen molar-refractivity contribution in [3.63, 3.8) is 0 Å². The van der Waals surface area contributed by atoms with Gasteiger partial charge in [0.05, 0.1) is 12.3 Å². The summed E-state index contributed by atoms with van der Waals surface area (Å²) in [6.07, 6.45) is 2.87. The highest BCUT2D eigenvalue weighted by atomic mass is 19.1. The van der Waals surface area contributed by atoms with Crippen LogP contribution in [0.25, 0.3) is 0 Å². The minimum absolute atomic E-state index is 0.0650. The molecular weight excluding hydrogens is 253 g/mol. The largest absolute Gasteiger partial charge is 0.388 e. The molecule has 0 radical (unpaired) electrons. The molecule has 0 bridgehead atoms. The molecule has 0 aliphatic rings. The lowest BCUT2D eigenvalue weighted by Crippen LogP contribution is -2.18. The molecule has 0 fully saturated rings. The normalized spacial score (nSPS) is 15.6. The van der Waals surface area contributed by atoms with Gasteiger partial charge in [0.1, 0.15) is 5.82 Å². The Hall–Kier alpha value is -1.74. The number of benzene rings is 1. The number of aliphatic hydroxyl groups excluding tert-OH is 1. The SMILES string of the molecule is CCC(C)C(c1ccccc1)C(O)c1cncc(F)c1. The van der Waals surface area contributed by atoms with E-state index >= 15 is 0 Å². The summed E-state index contributed by atoms with van der Waals surface area (Å²) in [5.41, 5.74) is 1.60. The number of rotatable bonds is 5. The Morgan fingerprint density at radius 1 is 1.15 bits per heavy atom. The van der Waals surface area contributed by atoms with Crippen molar-refractivity contribution in [2.75, 3.05) is 0 Å². The molecule has 1 aromatic carbocycles. The van der Waals surface area contributed by atoms with Crippen LogP contribution in [0.15, 0.2) is 48.8 Å². The molecular formula is C17H20FNO. The first-order valence-electron chi connectivity index (χ1n) is 6.97.